The Morgan fingerprint density at radius 3 is 2.60 bits per heavy atom. The monoisotopic (exact) mass is 288 g/mol. The minimum absolute atomic E-state index is 0.144. The van der Waals surface area contributed by atoms with Crippen molar-refractivity contribution in [1.82, 2.24) is 0 Å². The average Bonchev–Trinajstić information content (AvgIpc) is 2.38. The van der Waals surface area contributed by atoms with Crippen molar-refractivity contribution in [2.24, 2.45) is 5.73 Å². The van der Waals surface area contributed by atoms with E-state index < -0.39 is 5.91 Å². The van der Waals surface area contributed by atoms with Crippen LogP contribution in [0.4, 0.5) is 5.69 Å². The number of benzene rings is 2. The zero-order valence-electron chi connectivity index (χ0n) is 11.5. The fourth-order valence-corrected chi connectivity index (χ4v) is 2.35. The summed E-state index contributed by atoms with van der Waals surface area (Å²) in [7, 11) is 0. The minimum Gasteiger partial charge on any atom is -0.378 e. The lowest BCUT2D eigenvalue weighted by molar-refractivity contribution is 0.100. The van der Waals surface area contributed by atoms with Gasteiger partial charge in [-0.3, -0.25) is 4.79 Å². The first-order chi connectivity index (χ1) is 9.47. The molecule has 1 atom stereocenters. The van der Waals surface area contributed by atoms with Crippen molar-refractivity contribution in [3.8, 4) is 0 Å². The molecule has 3 N–H and O–H groups in total. The molecule has 2 rings (SSSR count). The molecule has 1 amide bonds. The summed E-state index contributed by atoms with van der Waals surface area (Å²) in [5, 5.41) is 3.72. The molecule has 0 saturated heterocycles. The van der Waals surface area contributed by atoms with Crippen molar-refractivity contribution in [3.63, 3.8) is 0 Å². The van der Waals surface area contributed by atoms with Crippen LogP contribution in [-0.2, 0) is 0 Å². The molecule has 0 aliphatic rings. The Labute approximate surface area is 123 Å². The Morgan fingerprint density at radius 1 is 1.25 bits per heavy atom. The van der Waals surface area contributed by atoms with Crippen LogP contribution in [0.25, 0.3) is 0 Å². The molecular formula is C16H17ClN2O. The molecule has 0 bridgehead atoms. The quantitative estimate of drug-likeness (QED) is 0.896. The van der Waals surface area contributed by atoms with Gasteiger partial charge in [0.2, 0.25) is 5.91 Å². The Balaban J connectivity index is 2.18. The van der Waals surface area contributed by atoms with Gasteiger partial charge in [-0.05, 0) is 37.6 Å². The normalized spacial score (nSPS) is 11.9. The molecule has 2 aromatic rings. The number of carbonyl (C=O) groups excluding carboxylic acids is 1. The Bertz CT molecular complexity index is 640. The van der Waals surface area contributed by atoms with E-state index in [0.717, 1.165) is 5.69 Å². The van der Waals surface area contributed by atoms with E-state index in [1.807, 2.05) is 6.07 Å². The molecule has 0 radical (unpaired) electrons. The molecule has 0 spiro atoms. The number of amides is 1. The first kappa shape index (κ1) is 14.4. The third-order valence-electron chi connectivity index (χ3n) is 3.16. The number of hydrogen-bond donors (Lipinski definition) is 2. The summed E-state index contributed by atoms with van der Waals surface area (Å²) < 4.78 is 0. The molecule has 2 aromatic carbocycles. The predicted octanol–water partition coefficient (Wildman–Crippen LogP) is 3.92. The standard InChI is InChI=1S/C16H17ClN2O/c1-10-4-3-5-12(8-10)11(2)19-13-6-7-14(16(18)20)15(17)9-13/h3-9,11,19H,1-2H3,(H2,18,20). The van der Waals surface area contributed by atoms with Crippen LogP contribution in [0.1, 0.15) is 34.5 Å². The van der Waals surface area contributed by atoms with Crippen molar-refractivity contribution in [1.29, 1.82) is 0 Å². The molecule has 20 heavy (non-hydrogen) atoms. The molecule has 0 aromatic heterocycles. The zero-order chi connectivity index (χ0) is 14.7. The Morgan fingerprint density at radius 2 is 2.00 bits per heavy atom. The lowest BCUT2D eigenvalue weighted by atomic mass is 10.1. The van der Waals surface area contributed by atoms with E-state index in [-0.39, 0.29) is 6.04 Å². The first-order valence-electron chi connectivity index (χ1n) is 6.40. The number of halogens is 1. The summed E-state index contributed by atoms with van der Waals surface area (Å²) in [6.07, 6.45) is 0. The van der Waals surface area contributed by atoms with Crippen LogP contribution in [0.2, 0.25) is 5.02 Å². The van der Waals surface area contributed by atoms with Gasteiger partial charge in [-0.1, -0.05) is 41.4 Å². The molecular weight excluding hydrogens is 272 g/mol. The second-order valence-electron chi connectivity index (χ2n) is 4.84. The molecule has 0 aliphatic carbocycles. The summed E-state index contributed by atoms with van der Waals surface area (Å²) >= 11 is 6.04. The van der Waals surface area contributed by atoms with Gasteiger partial charge in [-0.2, -0.15) is 0 Å². The SMILES string of the molecule is Cc1cccc(C(C)Nc2ccc(C(N)=O)c(Cl)c2)c1. The molecule has 0 aliphatic heterocycles. The Kier molecular flexibility index (Phi) is 4.30. The van der Waals surface area contributed by atoms with Crippen LogP contribution >= 0.6 is 11.6 Å². The minimum atomic E-state index is -0.520. The van der Waals surface area contributed by atoms with Gasteiger partial charge < -0.3 is 11.1 Å². The molecule has 0 saturated carbocycles. The van der Waals surface area contributed by atoms with Crippen molar-refractivity contribution < 1.29 is 4.79 Å². The van der Waals surface area contributed by atoms with Gasteiger partial charge in [0.05, 0.1) is 10.6 Å². The van der Waals surface area contributed by atoms with E-state index in [0.29, 0.717) is 10.6 Å². The molecule has 0 heterocycles. The third kappa shape index (κ3) is 3.31. The van der Waals surface area contributed by atoms with E-state index in [1.54, 1.807) is 18.2 Å². The van der Waals surface area contributed by atoms with Crippen LogP contribution in [0.3, 0.4) is 0 Å². The number of primary amides is 1. The van der Waals surface area contributed by atoms with E-state index in [2.05, 4.69) is 37.4 Å². The van der Waals surface area contributed by atoms with Crippen LogP contribution in [0.15, 0.2) is 42.5 Å². The fraction of sp³-hybridized carbons (Fsp3) is 0.188. The number of hydrogen-bond acceptors (Lipinski definition) is 2. The highest BCUT2D eigenvalue weighted by molar-refractivity contribution is 6.34. The number of nitrogens with two attached hydrogens (primary N) is 1. The molecule has 0 fully saturated rings. The second-order valence-corrected chi connectivity index (χ2v) is 5.25. The van der Waals surface area contributed by atoms with Crippen LogP contribution < -0.4 is 11.1 Å². The fourth-order valence-electron chi connectivity index (χ4n) is 2.08. The van der Waals surface area contributed by atoms with Gasteiger partial charge in [-0.15, -0.1) is 0 Å². The third-order valence-corrected chi connectivity index (χ3v) is 3.47. The van der Waals surface area contributed by atoms with Crippen molar-refractivity contribution in [2.75, 3.05) is 5.32 Å². The summed E-state index contributed by atoms with van der Waals surface area (Å²) in [6, 6.07) is 13.6. The van der Waals surface area contributed by atoms with Gasteiger partial charge in [0, 0.05) is 11.7 Å². The van der Waals surface area contributed by atoms with E-state index in [9.17, 15) is 4.79 Å². The lowest BCUT2D eigenvalue weighted by Gasteiger charge is -2.17. The maximum absolute atomic E-state index is 11.1. The van der Waals surface area contributed by atoms with Crippen LogP contribution in [0.5, 0.6) is 0 Å². The zero-order valence-corrected chi connectivity index (χ0v) is 12.2. The van der Waals surface area contributed by atoms with Crippen molar-refractivity contribution in [3.05, 3.63) is 64.2 Å². The smallest absolute Gasteiger partial charge is 0.250 e. The summed E-state index contributed by atoms with van der Waals surface area (Å²) in [5.74, 6) is -0.520. The highest BCUT2D eigenvalue weighted by Crippen LogP contribution is 2.24. The number of aryl methyl sites for hydroxylation is 1. The van der Waals surface area contributed by atoms with E-state index in [4.69, 9.17) is 17.3 Å². The molecule has 104 valence electrons. The van der Waals surface area contributed by atoms with Gasteiger partial charge >= 0.3 is 0 Å². The summed E-state index contributed by atoms with van der Waals surface area (Å²) in [4.78, 5) is 11.1. The number of anilines is 1. The van der Waals surface area contributed by atoms with Gasteiger partial charge in [0.25, 0.3) is 0 Å². The topological polar surface area (TPSA) is 55.1 Å². The highest BCUT2D eigenvalue weighted by Gasteiger charge is 2.09. The molecule has 4 heteroatoms. The maximum atomic E-state index is 11.1. The van der Waals surface area contributed by atoms with Crippen molar-refractivity contribution >= 4 is 23.2 Å². The van der Waals surface area contributed by atoms with Gasteiger partial charge in [0.15, 0.2) is 0 Å². The van der Waals surface area contributed by atoms with Gasteiger partial charge in [0.1, 0.15) is 0 Å². The number of rotatable bonds is 4. The van der Waals surface area contributed by atoms with E-state index >= 15 is 0 Å². The largest absolute Gasteiger partial charge is 0.378 e. The molecule has 3 nitrogen and oxygen atoms in total. The second kappa shape index (κ2) is 5.97. The molecule has 1 unspecified atom stereocenters. The highest BCUT2D eigenvalue weighted by atomic mass is 35.5. The first-order valence-corrected chi connectivity index (χ1v) is 6.77. The van der Waals surface area contributed by atoms with E-state index in [1.165, 1.54) is 11.1 Å². The summed E-state index contributed by atoms with van der Waals surface area (Å²) in [5.41, 5.74) is 8.83. The van der Waals surface area contributed by atoms with Crippen molar-refractivity contribution in [2.45, 2.75) is 19.9 Å². The van der Waals surface area contributed by atoms with Crippen LogP contribution in [0, 0.1) is 6.92 Å². The summed E-state index contributed by atoms with van der Waals surface area (Å²) in [6.45, 7) is 4.14. The Hall–Kier alpha value is -2.00. The number of nitrogens with one attached hydrogen (secondary N) is 1. The predicted molar refractivity (Wildman–Crippen MR) is 83.2 cm³/mol. The average molecular weight is 289 g/mol. The lowest BCUT2D eigenvalue weighted by Crippen LogP contribution is -2.12. The van der Waals surface area contributed by atoms with Gasteiger partial charge in [-0.25, -0.2) is 0 Å². The number of carbonyl (C=O) groups is 1. The maximum Gasteiger partial charge on any atom is 0.250 e. The van der Waals surface area contributed by atoms with Crippen LogP contribution in [-0.4, -0.2) is 5.91 Å².